The number of rotatable bonds is 3. The lowest BCUT2D eigenvalue weighted by Gasteiger charge is -2.26. The normalized spacial score (nSPS) is 15.6. The van der Waals surface area contributed by atoms with Crippen LogP contribution < -0.4 is 0 Å². The van der Waals surface area contributed by atoms with Gasteiger partial charge in [-0.15, -0.1) is 9.24 Å². The van der Waals surface area contributed by atoms with E-state index in [1.807, 2.05) is 20.8 Å². The van der Waals surface area contributed by atoms with Crippen LogP contribution in [0.15, 0.2) is 17.0 Å². The topological polar surface area (TPSA) is 54.4 Å². The summed E-state index contributed by atoms with van der Waals surface area (Å²) < 4.78 is 31.8. The first-order valence-electron chi connectivity index (χ1n) is 5.47. The summed E-state index contributed by atoms with van der Waals surface area (Å²) in [6, 6.07) is 3.38. The Hall–Kier alpha value is -0.440. The van der Waals surface area contributed by atoms with E-state index in [4.69, 9.17) is 0 Å². The zero-order valence-corrected chi connectivity index (χ0v) is 12.6. The molecule has 0 saturated heterocycles. The Morgan fingerprint density at radius 1 is 1.29 bits per heavy atom. The van der Waals surface area contributed by atoms with Crippen LogP contribution in [0.4, 0.5) is 0 Å². The summed E-state index contributed by atoms with van der Waals surface area (Å²) in [5.74, 6) is 0. The Bertz CT molecular complexity index is 533. The summed E-state index contributed by atoms with van der Waals surface area (Å²) in [7, 11) is -1.41. The second kappa shape index (κ2) is 4.68. The Morgan fingerprint density at radius 3 is 2.24 bits per heavy atom. The molecule has 1 rings (SSSR count). The number of hydrogen-bond donors (Lipinski definition) is 1. The van der Waals surface area contributed by atoms with Crippen LogP contribution in [-0.2, 0) is 15.3 Å². The van der Waals surface area contributed by atoms with Gasteiger partial charge in [-0.25, -0.2) is 0 Å². The van der Waals surface area contributed by atoms with E-state index in [0.717, 1.165) is 17.5 Å². The molecule has 0 amide bonds. The van der Waals surface area contributed by atoms with Gasteiger partial charge in [-0.1, -0.05) is 19.9 Å². The fourth-order valence-electron chi connectivity index (χ4n) is 1.92. The highest BCUT2D eigenvalue weighted by Crippen LogP contribution is 2.38. The average molecular weight is 274 g/mol. The largest absolute Gasteiger partial charge is 0.294 e. The molecule has 17 heavy (non-hydrogen) atoms. The van der Waals surface area contributed by atoms with E-state index in [9.17, 15) is 13.0 Å². The van der Waals surface area contributed by atoms with Crippen LogP contribution in [-0.4, -0.2) is 13.0 Å². The quantitative estimate of drug-likeness (QED) is 0.681. The second-order valence-electron chi connectivity index (χ2n) is 4.68. The lowest BCUT2D eigenvalue weighted by Crippen LogP contribution is -2.15. The predicted molar refractivity (Wildman–Crippen MR) is 73.1 cm³/mol. The van der Waals surface area contributed by atoms with Crippen molar-refractivity contribution in [2.75, 3.05) is 0 Å². The van der Waals surface area contributed by atoms with E-state index in [2.05, 4.69) is 9.24 Å². The minimum atomic E-state index is -4.15. The molecule has 1 aromatic rings. The van der Waals surface area contributed by atoms with Crippen molar-refractivity contribution in [1.82, 2.24) is 0 Å². The summed E-state index contributed by atoms with van der Waals surface area (Å²) >= 11 is 0. The maximum atomic E-state index is 11.3. The Balaban J connectivity index is 3.56. The molecule has 0 aromatic heterocycles. The molecule has 96 valence electrons. The second-order valence-corrected chi connectivity index (χ2v) is 7.34. The molecule has 5 heteroatoms. The smallest absolute Gasteiger partial charge is 0.282 e. The van der Waals surface area contributed by atoms with Crippen molar-refractivity contribution in [1.29, 1.82) is 0 Å². The fourth-order valence-corrected chi connectivity index (χ4v) is 2.96. The van der Waals surface area contributed by atoms with Crippen LogP contribution in [0.5, 0.6) is 0 Å². The Labute approximate surface area is 106 Å². The average Bonchev–Trinajstić information content (AvgIpc) is 2.15. The van der Waals surface area contributed by atoms with E-state index in [0.29, 0.717) is 5.56 Å². The summed E-state index contributed by atoms with van der Waals surface area (Å²) in [5, 5.41) is -0.183. The first-order valence-corrected chi connectivity index (χ1v) is 7.49. The molecule has 1 N–H and O–H groups in total. The highest BCUT2D eigenvalue weighted by molar-refractivity contribution is 7.85. The van der Waals surface area contributed by atoms with Crippen molar-refractivity contribution < 1.29 is 13.0 Å². The molecule has 1 aromatic carbocycles. The molecule has 3 nitrogen and oxygen atoms in total. The van der Waals surface area contributed by atoms with Crippen molar-refractivity contribution in [2.45, 2.75) is 44.2 Å². The van der Waals surface area contributed by atoms with E-state index in [1.165, 1.54) is 0 Å². The SMILES string of the molecule is CCC(C)(P)c1cc(S(=O)(=O)O)c(C)cc1C. The third-order valence-corrected chi connectivity index (χ3v) is 4.86. The molecular weight excluding hydrogens is 255 g/mol. The number of benzene rings is 1. The number of hydrogen-bond acceptors (Lipinski definition) is 2. The first kappa shape index (κ1) is 14.6. The van der Waals surface area contributed by atoms with Gasteiger partial charge in [0.25, 0.3) is 10.1 Å². The van der Waals surface area contributed by atoms with Crippen LogP contribution >= 0.6 is 9.24 Å². The van der Waals surface area contributed by atoms with Gasteiger partial charge in [-0.2, -0.15) is 8.42 Å². The van der Waals surface area contributed by atoms with Crippen LogP contribution in [0.3, 0.4) is 0 Å². The Kier molecular flexibility index (Phi) is 4.02. The van der Waals surface area contributed by atoms with Crippen LogP contribution in [0, 0.1) is 13.8 Å². The van der Waals surface area contributed by atoms with Crippen molar-refractivity contribution in [3.8, 4) is 0 Å². The summed E-state index contributed by atoms with van der Waals surface area (Å²) in [6.07, 6.45) is 0.868. The van der Waals surface area contributed by atoms with Gasteiger partial charge in [0.15, 0.2) is 0 Å². The summed E-state index contributed by atoms with van der Waals surface area (Å²) in [6.45, 7) is 7.71. The Morgan fingerprint density at radius 2 is 1.82 bits per heavy atom. The van der Waals surface area contributed by atoms with Crippen LogP contribution in [0.1, 0.15) is 37.0 Å². The van der Waals surface area contributed by atoms with Gasteiger partial charge >= 0.3 is 0 Å². The highest BCUT2D eigenvalue weighted by atomic mass is 32.2. The van der Waals surface area contributed by atoms with Gasteiger partial charge < -0.3 is 0 Å². The molecule has 0 bridgehead atoms. The monoisotopic (exact) mass is 274 g/mol. The number of aryl methyl sites for hydroxylation is 2. The summed E-state index contributed by atoms with van der Waals surface area (Å²) in [5.41, 5.74) is 2.54. The minimum absolute atomic E-state index is 0.000208. The van der Waals surface area contributed by atoms with Crippen molar-refractivity contribution in [3.05, 3.63) is 28.8 Å². The fraction of sp³-hybridized carbons (Fsp3) is 0.500. The maximum Gasteiger partial charge on any atom is 0.294 e. The van der Waals surface area contributed by atoms with Gasteiger partial charge in [-0.3, -0.25) is 4.55 Å². The van der Waals surface area contributed by atoms with E-state index >= 15 is 0 Å². The van der Waals surface area contributed by atoms with Gasteiger partial charge in [0.05, 0.1) is 4.90 Å². The molecule has 2 unspecified atom stereocenters. The molecule has 2 atom stereocenters. The molecule has 0 fully saturated rings. The van der Waals surface area contributed by atoms with Crippen molar-refractivity contribution in [2.24, 2.45) is 0 Å². The van der Waals surface area contributed by atoms with Gasteiger partial charge in [0.1, 0.15) is 0 Å². The van der Waals surface area contributed by atoms with E-state index < -0.39 is 10.1 Å². The lowest BCUT2D eigenvalue weighted by molar-refractivity contribution is 0.482. The van der Waals surface area contributed by atoms with Crippen LogP contribution in [0.25, 0.3) is 0 Å². The maximum absolute atomic E-state index is 11.3. The summed E-state index contributed by atoms with van der Waals surface area (Å²) in [4.78, 5) is 0.000208. The van der Waals surface area contributed by atoms with Gasteiger partial charge in [0.2, 0.25) is 0 Å². The molecule has 0 radical (unpaired) electrons. The molecule has 0 saturated carbocycles. The van der Waals surface area contributed by atoms with Crippen LogP contribution in [0.2, 0.25) is 0 Å². The van der Waals surface area contributed by atoms with Gasteiger partial charge in [0, 0.05) is 5.16 Å². The zero-order valence-electron chi connectivity index (χ0n) is 10.6. The molecular formula is C12H19O3PS. The third kappa shape index (κ3) is 3.06. The highest BCUT2D eigenvalue weighted by Gasteiger charge is 2.24. The molecule has 0 heterocycles. The molecule has 0 aliphatic rings. The molecule has 0 aliphatic carbocycles. The lowest BCUT2D eigenvalue weighted by atomic mass is 9.92. The first-order chi connectivity index (χ1) is 7.59. The minimum Gasteiger partial charge on any atom is -0.282 e. The van der Waals surface area contributed by atoms with E-state index in [-0.39, 0.29) is 10.1 Å². The van der Waals surface area contributed by atoms with Gasteiger partial charge in [-0.05, 0) is 43.0 Å². The predicted octanol–water partition coefficient (Wildman–Crippen LogP) is 3.05. The zero-order chi connectivity index (χ0) is 13.4. The standard InChI is InChI=1S/C12H19O3PS/c1-5-12(4,16)10-7-11(17(13,14)15)9(3)6-8(10)2/h6-7H,5,16H2,1-4H3,(H,13,14,15). The van der Waals surface area contributed by atoms with Crippen molar-refractivity contribution in [3.63, 3.8) is 0 Å². The van der Waals surface area contributed by atoms with E-state index in [1.54, 1.807) is 19.1 Å². The molecule has 0 aliphatic heterocycles. The molecule has 0 spiro atoms. The third-order valence-electron chi connectivity index (χ3n) is 3.15. The van der Waals surface area contributed by atoms with Crippen molar-refractivity contribution >= 4 is 19.4 Å².